The second kappa shape index (κ2) is 6.35. The lowest BCUT2D eigenvalue weighted by molar-refractivity contribution is -0.129. The molecule has 2 heteroatoms. The summed E-state index contributed by atoms with van der Waals surface area (Å²) in [6, 6.07) is 0. The van der Waals surface area contributed by atoms with E-state index in [0.717, 1.165) is 42.9 Å². The zero-order valence-electron chi connectivity index (χ0n) is 17.2. The van der Waals surface area contributed by atoms with Crippen molar-refractivity contribution in [2.75, 3.05) is 0 Å². The monoisotopic (exact) mass is 368 g/mol. The van der Waals surface area contributed by atoms with Gasteiger partial charge in [0.2, 0.25) is 0 Å². The molecule has 0 aliphatic heterocycles. The van der Waals surface area contributed by atoms with E-state index < -0.39 is 5.60 Å². The van der Waals surface area contributed by atoms with Crippen molar-refractivity contribution in [2.45, 2.75) is 90.1 Å². The normalized spacial score (nSPS) is 51.4. The van der Waals surface area contributed by atoms with Gasteiger partial charge >= 0.3 is 0 Å². The molecule has 2 nitrogen and oxygen atoms in total. The maximum Gasteiger partial charge on any atom is 0.133 e. The van der Waals surface area contributed by atoms with Gasteiger partial charge in [0.05, 0.1) is 0 Å². The number of aliphatic hydroxyl groups is 1. The third kappa shape index (κ3) is 3.00. The fraction of sp³-hybridized carbons (Fsp3) is 0.880. The summed E-state index contributed by atoms with van der Waals surface area (Å²) in [5, 5.41) is 11.1. The van der Waals surface area contributed by atoms with Crippen LogP contribution in [0.1, 0.15) is 84.5 Å². The van der Waals surface area contributed by atoms with E-state index in [1.165, 1.54) is 51.4 Å². The van der Waals surface area contributed by atoms with Gasteiger partial charge in [-0.15, -0.1) is 0 Å². The molecular formula is C25H36O2. The SMILES string of the molecule is CC(=O)[C@H]1CCC2C3CCC4CC(O)(C#CC5CC5)CC[C@@H]4C3CC[C@@]21C. The van der Waals surface area contributed by atoms with Crippen LogP contribution in [0.25, 0.3) is 0 Å². The summed E-state index contributed by atoms with van der Waals surface area (Å²) in [5.41, 5.74) is -0.433. The third-order valence-corrected chi connectivity index (χ3v) is 9.59. The van der Waals surface area contributed by atoms with Crippen LogP contribution in [0.4, 0.5) is 0 Å². The lowest BCUT2D eigenvalue weighted by Gasteiger charge is -2.56. The van der Waals surface area contributed by atoms with E-state index in [-0.39, 0.29) is 5.41 Å². The van der Waals surface area contributed by atoms with Gasteiger partial charge in [0.25, 0.3) is 0 Å². The highest BCUT2D eigenvalue weighted by molar-refractivity contribution is 5.79. The number of rotatable bonds is 1. The minimum absolute atomic E-state index is 0.269. The Morgan fingerprint density at radius 3 is 2.44 bits per heavy atom. The van der Waals surface area contributed by atoms with Gasteiger partial charge < -0.3 is 5.11 Å². The number of hydrogen-bond acceptors (Lipinski definition) is 2. The van der Waals surface area contributed by atoms with Crippen molar-refractivity contribution in [3.8, 4) is 11.8 Å². The molecule has 0 aromatic rings. The number of Topliss-reactive ketones (excluding diaryl/α,β-unsaturated/α-hetero) is 1. The van der Waals surface area contributed by atoms with E-state index in [1.54, 1.807) is 0 Å². The Bertz CT molecular complexity index is 682. The first kappa shape index (κ1) is 18.2. The predicted molar refractivity (Wildman–Crippen MR) is 107 cm³/mol. The van der Waals surface area contributed by atoms with Gasteiger partial charge in [0, 0.05) is 11.8 Å². The van der Waals surface area contributed by atoms with Crippen molar-refractivity contribution in [3.05, 3.63) is 0 Å². The first-order valence-electron chi connectivity index (χ1n) is 11.7. The minimum Gasteiger partial charge on any atom is -0.378 e. The lowest BCUT2D eigenvalue weighted by Crippen LogP contribution is -2.51. The molecule has 8 atom stereocenters. The Hall–Kier alpha value is -0.810. The van der Waals surface area contributed by atoms with Gasteiger partial charge in [0.1, 0.15) is 11.4 Å². The van der Waals surface area contributed by atoms with Crippen LogP contribution in [-0.2, 0) is 4.79 Å². The molecule has 5 saturated carbocycles. The van der Waals surface area contributed by atoms with Gasteiger partial charge in [-0.25, -0.2) is 0 Å². The summed E-state index contributed by atoms with van der Waals surface area (Å²) >= 11 is 0. The molecule has 5 aliphatic carbocycles. The van der Waals surface area contributed by atoms with Crippen LogP contribution < -0.4 is 0 Å². The fourth-order valence-corrected chi connectivity index (χ4v) is 8.12. The van der Waals surface area contributed by atoms with E-state index in [4.69, 9.17) is 0 Å². The quantitative estimate of drug-likeness (QED) is 0.662. The molecule has 0 bridgehead atoms. The number of carbonyl (C=O) groups excluding carboxylic acids is 1. The van der Waals surface area contributed by atoms with Gasteiger partial charge in [-0.05, 0) is 113 Å². The average molecular weight is 369 g/mol. The largest absolute Gasteiger partial charge is 0.378 e. The van der Waals surface area contributed by atoms with Crippen LogP contribution in [0.2, 0.25) is 0 Å². The van der Waals surface area contributed by atoms with Crippen LogP contribution in [0.5, 0.6) is 0 Å². The Balaban J connectivity index is 1.32. The summed E-state index contributed by atoms with van der Waals surface area (Å²) in [6.45, 7) is 4.26. The summed E-state index contributed by atoms with van der Waals surface area (Å²) in [5.74, 6) is 11.9. The highest BCUT2D eigenvalue weighted by atomic mass is 16.3. The zero-order chi connectivity index (χ0) is 18.8. The van der Waals surface area contributed by atoms with Crippen LogP contribution in [-0.4, -0.2) is 16.5 Å². The maximum atomic E-state index is 12.2. The molecule has 0 saturated heterocycles. The van der Waals surface area contributed by atoms with Crippen LogP contribution in [0, 0.1) is 58.7 Å². The van der Waals surface area contributed by atoms with Gasteiger partial charge in [0.15, 0.2) is 0 Å². The van der Waals surface area contributed by atoms with E-state index >= 15 is 0 Å². The summed E-state index contributed by atoms with van der Waals surface area (Å²) in [7, 11) is 0. The Morgan fingerprint density at radius 2 is 1.70 bits per heavy atom. The van der Waals surface area contributed by atoms with Crippen LogP contribution in [0.15, 0.2) is 0 Å². The Morgan fingerprint density at radius 1 is 0.926 bits per heavy atom. The van der Waals surface area contributed by atoms with E-state index in [1.807, 2.05) is 6.92 Å². The van der Waals surface area contributed by atoms with Gasteiger partial charge in [-0.2, -0.15) is 0 Å². The molecule has 148 valence electrons. The Labute approximate surface area is 164 Å². The first-order chi connectivity index (χ1) is 12.9. The van der Waals surface area contributed by atoms with Gasteiger partial charge in [-0.3, -0.25) is 4.79 Å². The smallest absolute Gasteiger partial charge is 0.133 e. The third-order valence-electron chi connectivity index (χ3n) is 9.59. The minimum atomic E-state index is -0.702. The molecule has 0 aromatic heterocycles. The van der Waals surface area contributed by atoms with Crippen molar-refractivity contribution in [2.24, 2.45) is 46.8 Å². The molecule has 5 aliphatic rings. The van der Waals surface area contributed by atoms with Crippen molar-refractivity contribution < 1.29 is 9.90 Å². The molecule has 1 N–H and O–H groups in total. The van der Waals surface area contributed by atoms with Crippen LogP contribution in [0.3, 0.4) is 0 Å². The Kier molecular flexibility index (Phi) is 4.29. The second-order valence-corrected chi connectivity index (χ2v) is 11.0. The molecule has 27 heavy (non-hydrogen) atoms. The topological polar surface area (TPSA) is 37.3 Å². The van der Waals surface area contributed by atoms with E-state index in [2.05, 4.69) is 18.8 Å². The maximum absolute atomic E-state index is 12.2. The fourth-order valence-electron chi connectivity index (χ4n) is 8.12. The number of carbonyl (C=O) groups is 1. The van der Waals surface area contributed by atoms with Crippen molar-refractivity contribution in [3.63, 3.8) is 0 Å². The van der Waals surface area contributed by atoms with E-state index in [9.17, 15) is 9.90 Å². The second-order valence-electron chi connectivity index (χ2n) is 11.0. The van der Waals surface area contributed by atoms with E-state index in [0.29, 0.717) is 23.5 Å². The molecule has 5 rings (SSSR count). The molecule has 0 amide bonds. The molecular weight excluding hydrogens is 332 g/mol. The highest BCUT2D eigenvalue weighted by Gasteiger charge is 2.58. The van der Waals surface area contributed by atoms with Crippen molar-refractivity contribution >= 4 is 5.78 Å². The van der Waals surface area contributed by atoms with Crippen LogP contribution >= 0.6 is 0 Å². The van der Waals surface area contributed by atoms with Gasteiger partial charge in [-0.1, -0.05) is 18.8 Å². The summed E-state index contributed by atoms with van der Waals surface area (Å²) in [4.78, 5) is 12.2. The average Bonchev–Trinajstić information content (AvgIpc) is 3.39. The standard InChI is InChI=1S/C25H36O2/c1-16(26)22-7-8-23-21-6-5-18-15-25(27,13-9-17-3-4-17)14-11-19(18)20(21)10-12-24(22,23)2/h17-23,27H,3-8,10-12,14-15H2,1-2H3/t18?,19-,20?,21?,22+,23?,24+,25?/m0/s1. The molecule has 5 unspecified atom stereocenters. The predicted octanol–water partition coefficient (Wildman–Crippen LogP) is 4.99. The first-order valence-corrected chi connectivity index (χ1v) is 11.7. The number of fused-ring (bicyclic) bond motifs is 5. The lowest BCUT2D eigenvalue weighted by atomic mass is 9.49. The summed E-state index contributed by atoms with van der Waals surface area (Å²) < 4.78 is 0. The number of hydrogen-bond donors (Lipinski definition) is 1. The molecule has 5 fully saturated rings. The highest BCUT2D eigenvalue weighted by Crippen LogP contribution is 2.64. The molecule has 0 heterocycles. The molecule has 0 spiro atoms. The summed E-state index contributed by atoms with van der Waals surface area (Å²) in [6.07, 6.45) is 13.0. The zero-order valence-corrected chi connectivity index (χ0v) is 17.2. The molecule has 0 aromatic carbocycles. The number of ketones is 1. The van der Waals surface area contributed by atoms with Crippen molar-refractivity contribution in [1.29, 1.82) is 0 Å². The van der Waals surface area contributed by atoms with Crippen molar-refractivity contribution in [1.82, 2.24) is 0 Å². The molecule has 0 radical (unpaired) electrons.